The van der Waals surface area contributed by atoms with Crippen LogP contribution in [0.4, 0.5) is 11.4 Å². The van der Waals surface area contributed by atoms with Crippen molar-refractivity contribution in [3.63, 3.8) is 0 Å². The summed E-state index contributed by atoms with van der Waals surface area (Å²) in [6.45, 7) is 6.59. The summed E-state index contributed by atoms with van der Waals surface area (Å²) in [6.07, 6.45) is 2.28. The first-order valence-electron chi connectivity index (χ1n) is 9.11. The molecule has 2 heterocycles. The number of pyridine rings is 1. The zero-order valence-corrected chi connectivity index (χ0v) is 16.7. The number of hydrogen-bond acceptors (Lipinski definition) is 5. The second-order valence-electron chi connectivity index (χ2n) is 6.97. The van der Waals surface area contributed by atoms with E-state index in [9.17, 15) is 13.2 Å². The second kappa shape index (κ2) is 7.68. The van der Waals surface area contributed by atoms with Crippen molar-refractivity contribution >= 4 is 27.1 Å². The number of nitrogens with one attached hydrogen (secondary N) is 1. The summed E-state index contributed by atoms with van der Waals surface area (Å²) in [6, 6.07) is 9.35. The summed E-state index contributed by atoms with van der Waals surface area (Å²) in [4.78, 5) is 18.9. The van der Waals surface area contributed by atoms with Crippen LogP contribution in [0.5, 0.6) is 0 Å². The predicted octanol–water partition coefficient (Wildman–Crippen LogP) is 2.96. The molecule has 1 N–H and O–H groups in total. The van der Waals surface area contributed by atoms with E-state index in [4.69, 9.17) is 0 Å². The molecule has 27 heavy (non-hydrogen) atoms. The summed E-state index contributed by atoms with van der Waals surface area (Å²) in [5, 5.41) is 2.93. The van der Waals surface area contributed by atoms with Crippen LogP contribution in [0.25, 0.3) is 0 Å². The molecule has 1 unspecified atom stereocenters. The van der Waals surface area contributed by atoms with E-state index >= 15 is 0 Å². The first-order valence-corrected chi connectivity index (χ1v) is 10.9. The second-order valence-corrected chi connectivity index (χ2v) is 9.19. The molecule has 1 aliphatic heterocycles. The van der Waals surface area contributed by atoms with E-state index in [1.165, 1.54) is 0 Å². The minimum Gasteiger partial charge on any atom is -0.367 e. The smallest absolute Gasteiger partial charge is 0.274 e. The van der Waals surface area contributed by atoms with E-state index < -0.39 is 9.84 Å². The Labute approximate surface area is 160 Å². The van der Waals surface area contributed by atoms with Crippen molar-refractivity contribution in [2.24, 2.45) is 0 Å². The van der Waals surface area contributed by atoms with Crippen LogP contribution in [-0.4, -0.2) is 43.4 Å². The van der Waals surface area contributed by atoms with Crippen molar-refractivity contribution in [1.82, 2.24) is 4.98 Å². The fourth-order valence-electron chi connectivity index (χ4n) is 3.55. The SMILES string of the molecule is CCN(c1ccc(C(=O)Nc2c(C)cccc2C)nc1)C1CCS(=O)(=O)C1. The maximum absolute atomic E-state index is 12.5. The number of amides is 1. The van der Waals surface area contributed by atoms with Gasteiger partial charge in [-0.2, -0.15) is 0 Å². The van der Waals surface area contributed by atoms with Crippen molar-refractivity contribution in [3.8, 4) is 0 Å². The number of anilines is 2. The fraction of sp³-hybridized carbons (Fsp3) is 0.400. The third-order valence-electron chi connectivity index (χ3n) is 5.02. The van der Waals surface area contributed by atoms with Crippen molar-refractivity contribution in [3.05, 3.63) is 53.3 Å². The summed E-state index contributed by atoms with van der Waals surface area (Å²) < 4.78 is 23.5. The fourth-order valence-corrected chi connectivity index (χ4v) is 5.28. The Morgan fingerprint density at radius 2 is 1.93 bits per heavy atom. The van der Waals surface area contributed by atoms with Gasteiger partial charge < -0.3 is 10.2 Å². The minimum atomic E-state index is -2.95. The third-order valence-corrected chi connectivity index (χ3v) is 6.77. The van der Waals surface area contributed by atoms with Crippen LogP contribution < -0.4 is 10.2 Å². The summed E-state index contributed by atoms with van der Waals surface area (Å²) in [5.41, 5.74) is 3.97. The van der Waals surface area contributed by atoms with Crippen molar-refractivity contribution in [1.29, 1.82) is 0 Å². The van der Waals surface area contributed by atoms with Crippen LogP contribution >= 0.6 is 0 Å². The van der Waals surface area contributed by atoms with Gasteiger partial charge in [-0.3, -0.25) is 4.79 Å². The number of rotatable bonds is 5. The number of carbonyl (C=O) groups excluding carboxylic acids is 1. The van der Waals surface area contributed by atoms with Crippen LogP contribution in [0.3, 0.4) is 0 Å². The number of aromatic nitrogens is 1. The van der Waals surface area contributed by atoms with Crippen molar-refractivity contribution in [2.45, 2.75) is 33.2 Å². The van der Waals surface area contributed by atoms with Crippen molar-refractivity contribution in [2.75, 3.05) is 28.3 Å². The van der Waals surface area contributed by atoms with E-state index in [2.05, 4.69) is 10.3 Å². The monoisotopic (exact) mass is 387 g/mol. The summed E-state index contributed by atoms with van der Waals surface area (Å²) >= 11 is 0. The van der Waals surface area contributed by atoms with Gasteiger partial charge in [0.25, 0.3) is 5.91 Å². The first-order chi connectivity index (χ1) is 12.8. The van der Waals surface area contributed by atoms with E-state index in [1.54, 1.807) is 12.3 Å². The molecule has 0 saturated carbocycles. The topological polar surface area (TPSA) is 79.4 Å². The quantitative estimate of drug-likeness (QED) is 0.853. The molecule has 1 fully saturated rings. The number of nitrogens with zero attached hydrogens (tertiary/aromatic N) is 2. The maximum atomic E-state index is 12.5. The molecule has 1 amide bonds. The van der Waals surface area contributed by atoms with Gasteiger partial charge in [0.05, 0.1) is 23.4 Å². The highest BCUT2D eigenvalue weighted by Gasteiger charge is 2.32. The predicted molar refractivity (Wildman–Crippen MR) is 108 cm³/mol. The first kappa shape index (κ1) is 19.4. The Kier molecular flexibility index (Phi) is 5.51. The average molecular weight is 388 g/mol. The number of benzene rings is 1. The lowest BCUT2D eigenvalue weighted by Gasteiger charge is -2.28. The highest BCUT2D eigenvalue weighted by molar-refractivity contribution is 7.91. The number of carbonyl (C=O) groups is 1. The van der Waals surface area contributed by atoms with Gasteiger partial charge in [0.2, 0.25) is 0 Å². The number of hydrogen-bond donors (Lipinski definition) is 1. The van der Waals surface area contributed by atoms with Gasteiger partial charge in [-0.05, 0) is 50.5 Å². The molecule has 1 saturated heterocycles. The van der Waals surface area contributed by atoms with Gasteiger partial charge in [0, 0.05) is 18.3 Å². The molecule has 3 rings (SSSR count). The molecule has 1 atom stereocenters. The molecule has 0 radical (unpaired) electrons. The standard InChI is InChI=1S/C20H25N3O3S/c1-4-23(17-10-11-27(25,26)13-17)16-8-9-18(21-12-16)20(24)22-19-14(2)6-5-7-15(19)3/h5-9,12,17H,4,10-11,13H2,1-3H3,(H,22,24). The van der Waals surface area contributed by atoms with Crippen LogP contribution in [0.2, 0.25) is 0 Å². The molecule has 1 aliphatic rings. The largest absolute Gasteiger partial charge is 0.367 e. The van der Waals surface area contributed by atoms with Crippen LogP contribution in [0, 0.1) is 13.8 Å². The highest BCUT2D eigenvalue weighted by atomic mass is 32.2. The Bertz CT molecular complexity index is 919. The molecule has 1 aromatic heterocycles. The number of sulfone groups is 1. The van der Waals surface area contributed by atoms with E-state index in [0.717, 1.165) is 22.5 Å². The van der Waals surface area contributed by atoms with Gasteiger partial charge in [0.1, 0.15) is 5.69 Å². The lowest BCUT2D eigenvalue weighted by Crippen LogP contribution is -2.36. The van der Waals surface area contributed by atoms with Crippen LogP contribution in [-0.2, 0) is 9.84 Å². The highest BCUT2D eigenvalue weighted by Crippen LogP contribution is 2.24. The molecule has 0 spiro atoms. The van der Waals surface area contributed by atoms with Crippen LogP contribution in [0.1, 0.15) is 35.0 Å². The van der Waals surface area contributed by atoms with Gasteiger partial charge in [-0.15, -0.1) is 0 Å². The number of aryl methyl sites for hydroxylation is 2. The van der Waals surface area contributed by atoms with Gasteiger partial charge >= 0.3 is 0 Å². The average Bonchev–Trinajstić information content (AvgIpc) is 2.99. The Hall–Kier alpha value is -2.41. The summed E-state index contributed by atoms with van der Waals surface area (Å²) in [5.74, 6) is 0.151. The van der Waals surface area contributed by atoms with E-state index in [0.29, 0.717) is 18.7 Å². The molecule has 0 bridgehead atoms. The van der Waals surface area contributed by atoms with Gasteiger partial charge in [-0.1, -0.05) is 18.2 Å². The lowest BCUT2D eigenvalue weighted by atomic mass is 10.1. The third kappa shape index (κ3) is 4.30. The molecule has 7 heteroatoms. The van der Waals surface area contributed by atoms with Crippen LogP contribution in [0.15, 0.2) is 36.5 Å². The molecule has 144 valence electrons. The summed E-state index contributed by atoms with van der Waals surface area (Å²) in [7, 11) is -2.95. The zero-order valence-electron chi connectivity index (χ0n) is 15.9. The molecule has 0 aliphatic carbocycles. The molecular formula is C20H25N3O3S. The lowest BCUT2D eigenvalue weighted by molar-refractivity contribution is 0.102. The molecule has 6 nitrogen and oxygen atoms in total. The maximum Gasteiger partial charge on any atom is 0.274 e. The molecule has 2 aromatic rings. The normalized spacial score (nSPS) is 18.3. The van der Waals surface area contributed by atoms with E-state index in [1.807, 2.05) is 49.9 Å². The van der Waals surface area contributed by atoms with E-state index in [-0.39, 0.29) is 23.5 Å². The molecular weight excluding hydrogens is 362 g/mol. The molecule has 1 aromatic carbocycles. The Morgan fingerprint density at radius 1 is 1.22 bits per heavy atom. The van der Waals surface area contributed by atoms with Crippen molar-refractivity contribution < 1.29 is 13.2 Å². The zero-order chi connectivity index (χ0) is 19.6. The minimum absolute atomic E-state index is 0.0314. The van der Waals surface area contributed by atoms with Gasteiger partial charge in [-0.25, -0.2) is 13.4 Å². The Morgan fingerprint density at radius 3 is 2.44 bits per heavy atom. The number of para-hydroxylation sites is 1. The van der Waals surface area contributed by atoms with Gasteiger partial charge in [0.15, 0.2) is 9.84 Å². The Balaban J connectivity index is 1.75.